The Morgan fingerprint density at radius 3 is 2.36 bits per heavy atom. The minimum absolute atomic E-state index is 0.110. The van der Waals surface area contributed by atoms with Crippen molar-refractivity contribution in [1.82, 2.24) is 5.32 Å². The van der Waals surface area contributed by atoms with Crippen LogP contribution in [0.1, 0.15) is 52.9 Å². The molecule has 0 aromatic heterocycles. The molecule has 1 amide bonds. The van der Waals surface area contributed by atoms with Crippen LogP contribution in [-0.2, 0) is 4.79 Å². The highest BCUT2D eigenvalue weighted by atomic mass is 16.1. The predicted molar refractivity (Wildman–Crippen MR) is 59.0 cm³/mol. The van der Waals surface area contributed by atoms with Gasteiger partial charge in [-0.05, 0) is 30.6 Å². The van der Waals surface area contributed by atoms with Crippen molar-refractivity contribution >= 4 is 5.91 Å². The molecular formula is C12H23NO. The maximum absolute atomic E-state index is 10.8. The maximum Gasteiger partial charge on any atom is 0.216 e. The number of hydrogen-bond acceptors (Lipinski definition) is 1. The van der Waals surface area contributed by atoms with Gasteiger partial charge in [0.2, 0.25) is 5.91 Å². The Labute approximate surface area is 87.5 Å². The number of hydrogen-bond donors (Lipinski definition) is 1. The van der Waals surface area contributed by atoms with Gasteiger partial charge in [0.05, 0.1) is 0 Å². The zero-order valence-electron chi connectivity index (χ0n) is 9.73. The second-order valence-corrected chi connectivity index (χ2v) is 4.70. The van der Waals surface area contributed by atoms with Gasteiger partial charge in [0.1, 0.15) is 0 Å². The van der Waals surface area contributed by atoms with E-state index in [1.54, 1.807) is 6.92 Å². The van der Waals surface area contributed by atoms with E-state index >= 15 is 0 Å². The molecule has 1 N–H and O–H groups in total. The van der Waals surface area contributed by atoms with E-state index < -0.39 is 0 Å². The SMILES string of the molecule is CCCC1(CCC)CC1CNC(C)=O. The molecule has 0 heterocycles. The van der Waals surface area contributed by atoms with Gasteiger partial charge in [-0.2, -0.15) is 0 Å². The van der Waals surface area contributed by atoms with Crippen molar-refractivity contribution in [3.05, 3.63) is 0 Å². The molecule has 0 aliphatic heterocycles. The average molecular weight is 197 g/mol. The highest BCUT2D eigenvalue weighted by molar-refractivity contribution is 5.72. The second kappa shape index (κ2) is 4.81. The third-order valence-corrected chi connectivity index (χ3v) is 3.45. The summed E-state index contributed by atoms with van der Waals surface area (Å²) in [4.78, 5) is 10.8. The lowest BCUT2D eigenvalue weighted by atomic mass is 9.92. The lowest BCUT2D eigenvalue weighted by molar-refractivity contribution is -0.119. The molecule has 0 spiro atoms. The fourth-order valence-electron chi connectivity index (χ4n) is 2.72. The minimum atomic E-state index is 0.110. The zero-order chi connectivity index (χ0) is 10.6. The van der Waals surface area contributed by atoms with Crippen LogP contribution in [0.25, 0.3) is 0 Å². The summed E-state index contributed by atoms with van der Waals surface area (Å²) in [6.45, 7) is 7.01. The van der Waals surface area contributed by atoms with Crippen LogP contribution in [0.15, 0.2) is 0 Å². The standard InChI is InChI=1S/C12H23NO/c1-4-6-12(7-5-2)8-11(12)9-13-10(3)14/h11H,4-9H2,1-3H3,(H,13,14). The molecule has 1 fully saturated rings. The molecule has 1 rings (SSSR count). The fourth-order valence-corrected chi connectivity index (χ4v) is 2.72. The number of carbonyl (C=O) groups is 1. The summed E-state index contributed by atoms with van der Waals surface area (Å²) >= 11 is 0. The van der Waals surface area contributed by atoms with Crippen LogP contribution in [0.3, 0.4) is 0 Å². The van der Waals surface area contributed by atoms with E-state index in [0.29, 0.717) is 5.41 Å². The Morgan fingerprint density at radius 2 is 1.93 bits per heavy atom. The zero-order valence-corrected chi connectivity index (χ0v) is 9.73. The van der Waals surface area contributed by atoms with Crippen LogP contribution >= 0.6 is 0 Å². The van der Waals surface area contributed by atoms with Crippen molar-refractivity contribution in [2.75, 3.05) is 6.54 Å². The van der Waals surface area contributed by atoms with Gasteiger partial charge in [-0.15, -0.1) is 0 Å². The van der Waals surface area contributed by atoms with Gasteiger partial charge in [0.15, 0.2) is 0 Å². The Kier molecular flexibility index (Phi) is 3.97. The summed E-state index contributed by atoms with van der Waals surface area (Å²) in [6.07, 6.45) is 6.55. The third kappa shape index (κ3) is 2.73. The fraction of sp³-hybridized carbons (Fsp3) is 0.917. The molecule has 2 heteroatoms. The highest BCUT2D eigenvalue weighted by Crippen LogP contribution is 2.58. The van der Waals surface area contributed by atoms with Crippen molar-refractivity contribution < 1.29 is 4.79 Å². The highest BCUT2D eigenvalue weighted by Gasteiger charge is 2.51. The third-order valence-electron chi connectivity index (χ3n) is 3.45. The van der Waals surface area contributed by atoms with Gasteiger partial charge in [-0.3, -0.25) is 4.79 Å². The molecule has 1 unspecified atom stereocenters. The average Bonchev–Trinajstić information content (AvgIpc) is 2.77. The summed E-state index contributed by atoms with van der Waals surface area (Å²) in [5, 5.41) is 2.94. The quantitative estimate of drug-likeness (QED) is 0.697. The van der Waals surface area contributed by atoms with Crippen LogP contribution in [0, 0.1) is 11.3 Å². The van der Waals surface area contributed by atoms with E-state index in [4.69, 9.17) is 0 Å². The molecule has 1 aliphatic carbocycles. The van der Waals surface area contributed by atoms with Gasteiger partial charge in [0, 0.05) is 13.5 Å². The molecule has 0 aromatic carbocycles. The van der Waals surface area contributed by atoms with Crippen molar-refractivity contribution in [1.29, 1.82) is 0 Å². The normalized spacial score (nSPS) is 23.2. The van der Waals surface area contributed by atoms with Gasteiger partial charge in [-0.1, -0.05) is 26.7 Å². The predicted octanol–water partition coefficient (Wildman–Crippen LogP) is 2.73. The molecule has 1 saturated carbocycles. The maximum atomic E-state index is 10.8. The molecule has 82 valence electrons. The number of amides is 1. The molecule has 2 nitrogen and oxygen atoms in total. The Morgan fingerprint density at radius 1 is 1.36 bits per heavy atom. The monoisotopic (exact) mass is 197 g/mol. The Balaban J connectivity index is 2.32. The summed E-state index contributed by atoms with van der Waals surface area (Å²) in [5.41, 5.74) is 0.589. The van der Waals surface area contributed by atoms with Crippen molar-refractivity contribution in [3.63, 3.8) is 0 Å². The number of rotatable bonds is 6. The molecule has 1 aliphatic rings. The lowest BCUT2D eigenvalue weighted by Gasteiger charge is -2.15. The van der Waals surface area contributed by atoms with E-state index in [1.807, 2.05) is 0 Å². The first-order valence-corrected chi connectivity index (χ1v) is 5.89. The smallest absolute Gasteiger partial charge is 0.216 e. The lowest BCUT2D eigenvalue weighted by Crippen LogP contribution is -2.24. The van der Waals surface area contributed by atoms with Crippen molar-refractivity contribution in [2.45, 2.75) is 52.9 Å². The van der Waals surface area contributed by atoms with Crippen LogP contribution < -0.4 is 5.32 Å². The van der Waals surface area contributed by atoms with E-state index in [2.05, 4.69) is 19.2 Å². The molecule has 1 atom stereocenters. The van der Waals surface area contributed by atoms with E-state index in [9.17, 15) is 4.79 Å². The van der Waals surface area contributed by atoms with Crippen LogP contribution in [0.2, 0.25) is 0 Å². The largest absolute Gasteiger partial charge is 0.356 e. The van der Waals surface area contributed by atoms with Gasteiger partial charge in [0.25, 0.3) is 0 Å². The topological polar surface area (TPSA) is 29.1 Å². The van der Waals surface area contributed by atoms with Crippen molar-refractivity contribution in [2.24, 2.45) is 11.3 Å². The second-order valence-electron chi connectivity index (χ2n) is 4.70. The molecule has 0 aromatic rings. The van der Waals surface area contributed by atoms with Crippen molar-refractivity contribution in [3.8, 4) is 0 Å². The summed E-state index contributed by atoms with van der Waals surface area (Å²) in [6, 6.07) is 0. The van der Waals surface area contributed by atoms with Crippen LogP contribution in [-0.4, -0.2) is 12.5 Å². The molecule has 0 radical (unpaired) electrons. The van der Waals surface area contributed by atoms with Gasteiger partial charge < -0.3 is 5.32 Å². The molecular weight excluding hydrogens is 174 g/mol. The van der Waals surface area contributed by atoms with Crippen LogP contribution in [0.5, 0.6) is 0 Å². The number of carbonyl (C=O) groups excluding carboxylic acids is 1. The van der Waals surface area contributed by atoms with E-state index in [-0.39, 0.29) is 5.91 Å². The number of nitrogens with one attached hydrogen (secondary N) is 1. The summed E-state index contributed by atoms with van der Waals surface area (Å²) in [7, 11) is 0. The van der Waals surface area contributed by atoms with Gasteiger partial charge in [-0.25, -0.2) is 0 Å². The summed E-state index contributed by atoms with van der Waals surface area (Å²) < 4.78 is 0. The first-order valence-electron chi connectivity index (χ1n) is 5.89. The summed E-state index contributed by atoms with van der Waals surface area (Å²) in [5.74, 6) is 0.866. The molecule has 0 saturated heterocycles. The Bertz CT molecular complexity index is 194. The minimum Gasteiger partial charge on any atom is -0.356 e. The Hall–Kier alpha value is -0.530. The molecule has 14 heavy (non-hydrogen) atoms. The van der Waals surface area contributed by atoms with Crippen LogP contribution in [0.4, 0.5) is 0 Å². The first kappa shape index (κ1) is 11.5. The van der Waals surface area contributed by atoms with Gasteiger partial charge >= 0.3 is 0 Å². The van der Waals surface area contributed by atoms with E-state index in [0.717, 1.165) is 12.5 Å². The molecule has 0 bridgehead atoms. The van der Waals surface area contributed by atoms with E-state index in [1.165, 1.54) is 32.1 Å². The first-order chi connectivity index (χ1) is 6.64.